The molecule has 0 saturated heterocycles. The van der Waals surface area contributed by atoms with Crippen molar-refractivity contribution in [2.75, 3.05) is 11.9 Å². The summed E-state index contributed by atoms with van der Waals surface area (Å²) in [4.78, 5) is 14.1. The maximum absolute atomic E-state index is 10.6. The van der Waals surface area contributed by atoms with Crippen LogP contribution in [0.4, 0.5) is 11.5 Å². The second-order valence-electron chi connectivity index (χ2n) is 4.42. The first-order valence-corrected chi connectivity index (χ1v) is 6.59. The van der Waals surface area contributed by atoms with Crippen LogP contribution < -0.4 is 5.32 Å². The van der Waals surface area contributed by atoms with E-state index in [1.807, 2.05) is 0 Å². The third kappa shape index (κ3) is 2.97. The van der Waals surface area contributed by atoms with Gasteiger partial charge in [0.15, 0.2) is 0 Å². The minimum Gasteiger partial charge on any atom is -0.393 e. The van der Waals surface area contributed by atoms with Gasteiger partial charge in [0, 0.05) is 18.5 Å². The molecule has 1 aromatic rings. The van der Waals surface area contributed by atoms with Gasteiger partial charge >= 0.3 is 0 Å². The standard InChI is InChI=1S/C11H14BrN3O3/c12-9-4-8(15(17)18)6-14-11(9)13-5-7-2-1-3-10(7)16/h4,6-7,10,16H,1-3,5H2,(H,13,14). The molecule has 1 aliphatic carbocycles. The maximum atomic E-state index is 10.6. The highest BCUT2D eigenvalue weighted by molar-refractivity contribution is 9.10. The topological polar surface area (TPSA) is 88.3 Å². The lowest BCUT2D eigenvalue weighted by atomic mass is 10.1. The van der Waals surface area contributed by atoms with Crippen LogP contribution in [0, 0.1) is 16.0 Å². The smallest absolute Gasteiger partial charge is 0.288 e. The number of aromatic nitrogens is 1. The molecular formula is C11H14BrN3O3. The third-order valence-electron chi connectivity index (χ3n) is 3.19. The molecule has 2 N–H and O–H groups in total. The van der Waals surface area contributed by atoms with E-state index in [0.29, 0.717) is 16.8 Å². The molecule has 2 rings (SSSR count). The number of halogens is 1. The fraction of sp³-hybridized carbons (Fsp3) is 0.545. The summed E-state index contributed by atoms with van der Waals surface area (Å²) in [6.07, 6.45) is 3.86. The lowest BCUT2D eigenvalue weighted by molar-refractivity contribution is -0.385. The summed E-state index contributed by atoms with van der Waals surface area (Å²) in [5.41, 5.74) is -0.0478. The first-order chi connectivity index (χ1) is 8.58. The molecule has 7 heteroatoms. The summed E-state index contributed by atoms with van der Waals surface area (Å²) in [7, 11) is 0. The molecule has 2 atom stereocenters. The van der Waals surface area contributed by atoms with E-state index in [0.717, 1.165) is 19.3 Å². The van der Waals surface area contributed by atoms with Crippen molar-refractivity contribution in [1.29, 1.82) is 0 Å². The molecule has 0 amide bonds. The molecule has 1 aromatic heterocycles. The average Bonchev–Trinajstić information content (AvgIpc) is 2.73. The second-order valence-corrected chi connectivity index (χ2v) is 5.27. The van der Waals surface area contributed by atoms with Crippen LogP contribution in [-0.4, -0.2) is 27.7 Å². The van der Waals surface area contributed by atoms with Crippen LogP contribution in [0.5, 0.6) is 0 Å². The normalized spacial score (nSPS) is 23.0. The van der Waals surface area contributed by atoms with Crippen molar-refractivity contribution in [2.45, 2.75) is 25.4 Å². The molecule has 98 valence electrons. The summed E-state index contributed by atoms with van der Waals surface area (Å²) < 4.78 is 0.559. The second kappa shape index (κ2) is 5.62. The molecule has 0 aliphatic heterocycles. The molecule has 0 aromatic carbocycles. The van der Waals surface area contributed by atoms with Crippen molar-refractivity contribution in [3.05, 3.63) is 26.9 Å². The monoisotopic (exact) mass is 315 g/mol. The average molecular weight is 316 g/mol. The Morgan fingerprint density at radius 2 is 2.39 bits per heavy atom. The van der Waals surface area contributed by atoms with Crippen LogP contribution in [0.2, 0.25) is 0 Å². The van der Waals surface area contributed by atoms with Gasteiger partial charge in [-0.25, -0.2) is 4.98 Å². The number of anilines is 1. The van der Waals surface area contributed by atoms with E-state index in [-0.39, 0.29) is 17.7 Å². The number of nitrogens with one attached hydrogen (secondary N) is 1. The van der Waals surface area contributed by atoms with Crippen molar-refractivity contribution in [3.8, 4) is 0 Å². The number of aliphatic hydroxyl groups excluding tert-OH is 1. The lowest BCUT2D eigenvalue weighted by Crippen LogP contribution is -2.22. The number of nitrogens with zero attached hydrogens (tertiary/aromatic N) is 2. The zero-order valence-corrected chi connectivity index (χ0v) is 11.3. The van der Waals surface area contributed by atoms with Crippen molar-refractivity contribution in [3.63, 3.8) is 0 Å². The van der Waals surface area contributed by atoms with Gasteiger partial charge in [-0.3, -0.25) is 10.1 Å². The first kappa shape index (κ1) is 13.2. The molecule has 18 heavy (non-hydrogen) atoms. The Kier molecular flexibility index (Phi) is 4.13. The van der Waals surface area contributed by atoms with E-state index in [1.165, 1.54) is 12.3 Å². The van der Waals surface area contributed by atoms with E-state index in [4.69, 9.17) is 0 Å². The van der Waals surface area contributed by atoms with E-state index >= 15 is 0 Å². The Morgan fingerprint density at radius 1 is 1.61 bits per heavy atom. The molecule has 0 bridgehead atoms. The predicted molar refractivity (Wildman–Crippen MR) is 70.4 cm³/mol. The summed E-state index contributed by atoms with van der Waals surface area (Å²) in [6.45, 7) is 0.630. The minimum atomic E-state index is -0.484. The number of nitro groups is 1. The van der Waals surface area contributed by atoms with Gasteiger partial charge in [-0.15, -0.1) is 0 Å². The van der Waals surface area contributed by atoms with Gasteiger partial charge in [-0.05, 0) is 28.8 Å². The molecule has 1 aliphatic rings. The van der Waals surface area contributed by atoms with Crippen molar-refractivity contribution in [1.82, 2.24) is 4.98 Å². The Balaban J connectivity index is 1.99. The van der Waals surface area contributed by atoms with E-state index in [1.54, 1.807) is 0 Å². The third-order valence-corrected chi connectivity index (χ3v) is 3.79. The maximum Gasteiger partial charge on any atom is 0.288 e. The molecule has 0 radical (unpaired) electrons. The van der Waals surface area contributed by atoms with Gasteiger partial charge in [0.1, 0.15) is 12.0 Å². The molecule has 0 spiro atoms. The van der Waals surface area contributed by atoms with Gasteiger partial charge in [-0.1, -0.05) is 6.42 Å². The van der Waals surface area contributed by atoms with Gasteiger partial charge < -0.3 is 10.4 Å². The van der Waals surface area contributed by atoms with Crippen LogP contribution in [-0.2, 0) is 0 Å². The van der Waals surface area contributed by atoms with Crippen LogP contribution in [0.25, 0.3) is 0 Å². The Hall–Kier alpha value is -1.21. The number of pyridine rings is 1. The van der Waals surface area contributed by atoms with Crippen molar-refractivity contribution in [2.24, 2.45) is 5.92 Å². The number of rotatable bonds is 4. The Bertz CT molecular complexity index is 455. The van der Waals surface area contributed by atoms with E-state index < -0.39 is 4.92 Å². The highest BCUT2D eigenvalue weighted by Crippen LogP contribution is 2.28. The molecule has 6 nitrogen and oxygen atoms in total. The molecule has 1 saturated carbocycles. The summed E-state index contributed by atoms with van der Waals surface area (Å²) in [5.74, 6) is 0.800. The minimum absolute atomic E-state index is 0.0478. The van der Waals surface area contributed by atoms with E-state index in [9.17, 15) is 15.2 Å². The summed E-state index contributed by atoms with van der Waals surface area (Å²) in [5, 5.41) is 23.4. The van der Waals surface area contributed by atoms with Crippen LogP contribution in [0.1, 0.15) is 19.3 Å². The first-order valence-electron chi connectivity index (χ1n) is 5.80. The lowest BCUT2D eigenvalue weighted by Gasteiger charge is -2.15. The Morgan fingerprint density at radius 3 is 2.94 bits per heavy atom. The quantitative estimate of drug-likeness (QED) is 0.657. The van der Waals surface area contributed by atoms with Gasteiger partial charge in [-0.2, -0.15) is 0 Å². The zero-order valence-electron chi connectivity index (χ0n) is 9.67. The fourth-order valence-corrected chi connectivity index (χ4v) is 2.62. The zero-order chi connectivity index (χ0) is 13.1. The molecule has 2 unspecified atom stereocenters. The fourth-order valence-electron chi connectivity index (χ4n) is 2.14. The number of hydrogen-bond donors (Lipinski definition) is 2. The molecule has 1 heterocycles. The molecular weight excluding hydrogens is 302 g/mol. The van der Waals surface area contributed by atoms with Crippen LogP contribution >= 0.6 is 15.9 Å². The van der Waals surface area contributed by atoms with Crippen molar-refractivity contribution < 1.29 is 10.0 Å². The predicted octanol–water partition coefficient (Wildman–Crippen LogP) is 2.33. The van der Waals surface area contributed by atoms with Crippen molar-refractivity contribution >= 4 is 27.4 Å². The van der Waals surface area contributed by atoms with E-state index in [2.05, 4.69) is 26.2 Å². The highest BCUT2D eigenvalue weighted by atomic mass is 79.9. The van der Waals surface area contributed by atoms with Gasteiger partial charge in [0.2, 0.25) is 0 Å². The van der Waals surface area contributed by atoms with Gasteiger partial charge in [0.05, 0.1) is 15.5 Å². The van der Waals surface area contributed by atoms with Gasteiger partial charge in [0.25, 0.3) is 5.69 Å². The Labute approximate surface area is 113 Å². The summed E-state index contributed by atoms with van der Waals surface area (Å²) in [6, 6.07) is 1.42. The number of aliphatic hydroxyl groups is 1. The van der Waals surface area contributed by atoms with Crippen LogP contribution in [0.15, 0.2) is 16.7 Å². The SMILES string of the molecule is O=[N+]([O-])c1cnc(NCC2CCCC2O)c(Br)c1. The largest absolute Gasteiger partial charge is 0.393 e. The van der Waals surface area contributed by atoms with Crippen LogP contribution in [0.3, 0.4) is 0 Å². The highest BCUT2D eigenvalue weighted by Gasteiger charge is 2.25. The number of hydrogen-bond acceptors (Lipinski definition) is 5. The molecule has 1 fully saturated rings. The summed E-state index contributed by atoms with van der Waals surface area (Å²) >= 11 is 3.25.